The highest BCUT2D eigenvalue weighted by atomic mass is 35.5. The van der Waals surface area contributed by atoms with Gasteiger partial charge in [0, 0.05) is 24.6 Å². The van der Waals surface area contributed by atoms with Crippen LogP contribution in [-0.2, 0) is 22.6 Å². The summed E-state index contributed by atoms with van der Waals surface area (Å²) in [4.78, 5) is 24.4. The van der Waals surface area contributed by atoms with E-state index in [1.54, 1.807) is 38.4 Å². The van der Waals surface area contributed by atoms with E-state index in [0.29, 0.717) is 29.2 Å². The van der Waals surface area contributed by atoms with Gasteiger partial charge < -0.3 is 19.5 Å². The predicted octanol–water partition coefficient (Wildman–Crippen LogP) is 5.24. The molecule has 3 rings (SSSR count). The summed E-state index contributed by atoms with van der Waals surface area (Å²) in [7, 11) is 3.40. The third kappa shape index (κ3) is 4.85. The van der Waals surface area contributed by atoms with Gasteiger partial charge in [-0.15, -0.1) is 0 Å². The van der Waals surface area contributed by atoms with Crippen LogP contribution in [0.3, 0.4) is 0 Å². The second-order valence-electron chi connectivity index (χ2n) is 7.35. The Morgan fingerprint density at radius 1 is 1.29 bits per heavy atom. The van der Waals surface area contributed by atoms with Gasteiger partial charge in [-0.3, -0.25) is 4.79 Å². The molecular formula is C24H26ClNO5. The first kappa shape index (κ1) is 22.7. The van der Waals surface area contributed by atoms with Crippen molar-refractivity contribution in [2.45, 2.75) is 39.7 Å². The molecule has 0 fully saturated rings. The summed E-state index contributed by atoms with van der Waals surface area (Å²) in [5.74, 6) is 0.433. The van der Waals surface area contributed by atoms with Gasteiger partial charge in [0.25, 0.3) is 0 Å². The average molecular weight is 444 g/mol. The molecule has 0 saturated heterocycles. The molecule has 0 aromatic heterocycles. The number of hydrogen-bond donors (Lipinski definition) is 1. The van der Waals surface area contributed by atoms with Crippen molar-refractivity contribution in [1.29, 1.82) is 0 Å². The lowest BCUT2D eigenvalue weighted by Crippen LogP contribution is -2.09. The van der Waals surface area contributed by atoms with Crippen molar-refractivity contribution >= 4 is 29.2 Å². The fourth-order valence-corrected chi connectivity index (χ4v) is 3.88. The number of methoxy groups -OCH3 is 1. The molecule has 1 aliphatic heterocycles. The number of halogens is 1. The van der Waals surface area contributed by atoms with Crippen LogP contribution in [0.15, 0.2) is 35.9 Å². The van der Waals surface area contributed by atoms with E-state index in [9.17, 15) is 9.59 Å². The Balaban J connectivity index is 1.73. The monoisotopic (exact) mass is 443 g/mol. The molecule has 31 heavy (non-hydrogen) atoms. The van der Waals surface area contributed by atoms with Crippen LogP contribution in [-0.4, -0.2) is 26.1 Å². The van der Waals surface area contributed by atoms with Crippen LogP contribution in [0.1, 0.15) is 46.8 Å². The van der Waals surface area contributed by atoms with E-state index in [0.717, 1.165) is 33.7 Å². The fourth-order valence-electron chi connectivity index (χ4n) is 3.71. The summed E-state index contributed by atoms with van der Waals surface area (Å²) < 4.78 is 16.2. The number of carbonyl (C=O) groups is 2. The minimum atomic E-state index is -0.342. The summed E-state index contributed by atoms with van der Waals surface area (Å²) in [6.45, 7) is 4.15. The van der Waals surface area contributed by atoms with Gasteiger partial charge in [0.1, 0.15) is 18.1 Å². The van der Waals surface area contributed by atoms with Gasteiger partial charge in [-0.25, -0.2) is 4.79 Å². The summed E-state index contributed by atoms with van der Waals surface area (Å²) in [6, 6.07) is 6.88. The number of benzene rings is 2. The Kier molecular flexibility index (Phi) is 7.23. The number of fused-ring (bicyclic) bond motifs is 1. The van der Waals surface area contributed by atoms with Crippen LogP contribution in [0.2, 0.25) is 5.02 Å². The van der Waals surface area contributed by atoms with Gasteiger partial charge in [0.2, 0.25) is 0 Å². The smallest absolute Gasteiger partial charge is 0.341 e. The lowest BCUT2D eigenvalue weighted by molar-refractivity contribution is -0.134. The summed E-state index contributed by atoms with van der Waals surface area (Å²) in [6.07, 6.45) is 3.37. The molecule has 6 nitrogen and oxygen atoms in total. The minimum absolute atomic E-state index is 0.235. The summed E-state index contributed by atoms with van der Waals surface area (Å²) in [5.41, 5.74) is 4.98. The van der Waals surface area contributed by atoms with E-state index in [-0.39, 0.29) is 25.0 Å². The molecule has 0 aliphatic carbocycles. The number of carbonyl (C=O) groups excluding carboxylic acids is 2. The fraction of sp³-hybridized carbons (Fsp3) is 0.333. The highest BCUT2D eigenvalue weighted by Crippen LogP contribution is 2.41. The maximum Gasteiger partial charge on any atom is 0.341 e. The molecule has 2 aromatic carbocycles. The van der Waals surface area contributed by atoms with Crippen LogP contribution >= 0.6 is 11.6 Å². The number of para-hydroxylation sites is 1. The predicted molar refractivity (Wildman–Crippen MR) is 120 cm³/mol. The molecular weight excluding hydrogens is 418 g/mol. The van der Waals surface area contributed by atoms with E-state index in [1.807, 2.05) is 19.9 Å². The van der Waals surface area contributed by atoms with Gasteiger partial charge >= 0.3 is 11.9 Å². The molecule has 1 aliphatic rings. The first-order valence-corrected chi connectivity index (χ1v) is 10.4. The molecule has 0 unspecified atom stereocenters. The molecule has 0 radical (unpaired) electrons. The molecule has 1 heterocycles. The Labute approximate surface area is 187 Å². The van der Waals surface area contributed by atoms with Crippen molar-refractivity contribution < 1.29 is 23.8 Å². The van der Waals surface area contributed by atoms with Crippen molar-refractivity contribution in [3.8, 4) is 11.5 Å². The normalized spacial score (nSPS) is 12.9. The van der Waals surface area contributed by atoms with Gasteiger partial charge in [0.05, 0.1) is 23.4 Å². The zero-order valence-electron chi connectivity index (χ0n) is 18.1. The first-order chi connectivity index (χ1) is 14.9. The molecule has 0 bridgehead atoms. The zero-order chi connectivity index (χ0) is 22.5. The topological polar surface area (TPSA) is 73.9 Å². The number of allylic oxidation sites excluding steroid dienone is 2. The van der Waals surface area contributed by atoms with Gasteiger partial charge in [-0.1, -0.05) is 35.4 Å². The van der Waals surface area contributed by atoms with Crippen molar-refractivity contribution in [3.63, 3.8) is 0 Å². The van der Waals surface area contributed by atoms with Crippen LogP contribution in [0.5, 0.6) is 11.5 Å². The average Bonchev–Trinajstić information content (AvgIpc) is 3.14. The van der Waals surface area contributed by atoms with E-state index in [4.69, 9.17) is 25.8 Å². The maximum absolute atomic E-state index is 12.3. The van der Waals surface area contributed by atoms with E-state index < -0.39 is 0 Å². The number of ether oxygens (including phenoxy) is 3. The third-order valence-electron chi connectivity index (χ3n) is 5.37. The van der Waals surface area contributed by atoms with Crippen LogP contribution in [0.4, 0.5) is 5.69 Å². The van der Waals surface area contributed by atoms with Gasteiger partial charge in [-0.05, 0) is 44.4 Å². The van der Waals surface area contributed by atoms with Crippen molar-refractivity contribution in [3.05, 3.63) is 63.2 Å². The molecule has 164 valence electrons. The van der Waals surface area contributed by atoms with Crippen LogP contribution in [0, 0.1) is 6.92 Å². The molecule has 0 atom stereocenters. The molecule has 0 spiro atoms. The van der Waals surface area contributed by atoms with Crippen molar-refractivity contribution in [2.75, 3.05) is 19.5 Å². The highest BCUT2D eigenvalue weighted by Gasteiger charge is 2.31. The van der Waals surface area contributed by atoms with Gasteiger partial charge in [0.15, 0.2) is 0 Å². The maximum atomic E-state index is 12.3. The number of cyclic esters (lactones) is 1. The summed E-state index contributed by atoms with van der Waals surface area (Å²) >= 11 is 6.03. The van der Waals surface area contributed by atoms with Crippen LogP contribution < -0.4 is 14.8 Å². The Hall–Kier alpha value is -2.99. The number of esters is 2. The summed E-state index contributed by atoms with van der Waals surface area (Å²) in [5, 5.41) is 3.54. The second kappa shape index (κ2) is 9.88. The highest BCUT2D eigenvalue weighted by molar-refractivity contribution is 6.32. The second-order valence-corrected chi connectivity index (χ2v) is 7.76. The lowest BCUT2D eigenvalue weighted by atomic mass is 9.93. The molecule has 2 aromatic rings. The number of rotatable bonds is 8. The van der Waals surface area contributed by atoms with Gasteiger partial charge in [-0.2, -0.15) is 0 Å². The van der Waals surface area contributed by atoms with E-state index in [2.05, 4.69) is 5.32 Å². The Morgan fingerprint density at radius 2 is 2.03 bits per heavy atom. The Morgan fingerprint density at radius 3 is 2.71 bits per heavy atom. The number of nitrogens with one attached hydrogen (secondary N) is 1. The van der Waals surface area contributed by atoms with Crippen molar-refractivity contribution in [2.24, 2.45) is 0 Å². The van der Waals surface area contributed by atoms with E-state index >= 15 is 0 Å². The lowest BCUT2D eigenvalue weighted by Gasteiger charge is -2.19. The quantitative estimate of drug-likeness (QED) is 0.341. The molecule has 0 saturated carbocycles. The van der Waals surface area contributed by atoms with Crippen molar-refractivity contribution in [1.82, 2.24) is 0 Å². The third-order valence-corrected chi connectivity index (χ3v) is 5.68. The van der Waals surface area contributed by atoms with E-state index in [1.165, 1.54) is 0 Å². The largest absolute Gasteiger partial charge is 0.496 e. The Bertz CT molecular complexity index is 1040. The SMILES string of the molecule is CNc1c(CC=C(C)CCC(=O)Oc2ccccc2Cl)c(OC)c(C)c2c1C(=O)OC2. The number of anilines is 1. The number of hydrogen-bond acceptors (Lipinski definition) is 6. The standard InChI is InChI=1S/C24H26ClNO5/c1-14(10-12-20(27)31-19-8-6-5-7-18(19)25)9-11-16-22(26-3)21-17(13-30-24(21)28)15(2)23(16)29-4/h5-9,26H,10-13H2,1-4H3. The zero-order valence-corrected chi connectivity index (χ0v) is 18.9. The molecule has 7 heteroatoms. The minimum Gasteiger partial charge on any atom is -0.496 e. The molecule has 1 N–H and O–H groups in total. The van der Waals surface area contributed by atoms with Crippen LogP contribution in [0.25, 0.3) is 0 Å². The molecule has 0 amide bonds. The first-order valence-electron chi connectivity index (χ1n) is 10.0.